The molecule has 0 spiro atoms. The van der Waals surface area contributed by atoms with Gasteiger partial charge in [-0.2, -0.15) is 0 Å². The predicted octanol–water partition coefficient (Wildman–Crippen LogP) is 4.97. The summed E-state index contributed by atoms with van der Waals surface area (Å²) < 4.78 is 38.9. The number of halogens is 3. The molecule has 106 valence electrons. The number of hydrogen-bond donors (Lipinski definition) is 1. The Hall–Kier alpha value is -2.34. The van der Waals surface area contributed by atoms with Crippen LogP contribution in [-0.4, -0.2) is 4.98 Å². The summed E-state index contributed by atoms with van der Waals surface area (Å²) in [5.41, 5.74) is 1.74. The van der Waals surface area contributed by atoms with Crippen LogP contribution in [0.3, 0.4) is 0 Å². The summed E-state index contributed by atoms with van der Waals surface area (Å²) in [6.45, 7) is 0. The lowest BCUT2D eigenvalue weighted by Crippen LogP contribution is -1.90. The van der Waals surface area contributed by atoms with E-state index in [-0.39, 0.29) is 5.82 Å². The molecule has 1 N–H and O–H groups in total. The van der Waals surface area contributed by atoms with E-state index < -0.39 is 11.6 Å². The van der Waals surface area contributed by atoms with Crippen molar-refractivity contribution in [2.75, 3.05) is 5.32 Å². The van der Waals surface area contributed by atoms with Crippen molar-refractivity contribution in [3.63, 3.8) is 0 Å². The third-order valence-corrected chi connectivity index (χ3v) is 3.57. The van der Waals surface area contributed by atoms with Crippen LogP contribution in [0.1, 0.15) is 0 Å². The average molecular weight is 306 g/mol. The van der Waals surface area contributed by atoms with E-state index in [1.807, 2.05) is 0 Å². The topological polar surface area (TPSA) is 24.9 Å². The van der Waals surface area contributed by atoms with Crippen LogP contribution in [0.2, 0.25) is 0 Å². The van der Waals surface area contributed by atoms with Crippen LogP contribution >= 0.6 is 11.3 Å². The maximum atomic E-state index is 13.2. The molecule has 0 radical (unpaired) electrons. The summed E-state index contributed by atoms with van der Waals surface area (Å²) in [4.78, 5) is 4.29. The first-order valence-electron chi connectivity index (χ1n) is 6.05. The van der Waals surface area contributed by atoms with Crippen LogP contribution in [0.4, 0.5) is 24.0 Å². The molecular weight excluding hydrogens is 297 g/mol. The minimum atomic E-state index is -0.909. The van der Waals surface area contributed by atoms with Crippen LogP contribution < -0.4 is 5.32 Å². The highest BCUT2D eigenvalue weighted by atomic mass is 32.1. The molecule has 0 saturated carbocycles. The lowest BCUT2D eigenvalue weighted by Gasteiger charge is -2.01. The molecule has 0 fully saturated rings. The first-order valence-corrected chi connectivity index (χ1v) is 6.93. The molecule has 0 saturated heterocycles. The number of nitrogens with one attached hydrogen (secondary N) is 1. The van der Waals surface area contributed by atoms with E-state index in [1.165, 1.54) is 29.5 Å². The summed E-state index contributed by atoms with van der Waals surface area (Å²) in [5, 5.41) is 5.34. The quantitative estimate of drug-likeness (QED) is 0.739. The van der Waals surface area contributed by atoms with Crippen molar-refractivity contribution < 1.29 is 13.2 Å². The minimum absolute atomic E-state index is 0.317. The van der Waals surface area contributed by atoms with Gasteiger partial charge >= 0.3 is 0 Å². The van der Waals surface area contributed by atoms with Gasteiger partial charge in [-0.15, -0.1) is 11.3 Å². The smallest absolute Gasteiger partial charge is 0.187 e. The molecule has 0 unspecified atom stereocenters. The zero-order valence-electron chi connectivity index (χ0n) is 10.6. The number of rotatable bonds is 3. The number of aromatic nitrogens is 1. The highest BCUT2D eigenvalue weighted by Crippen LogP contribution is 2.28. The van der Waals surface area contributed by atoms with E-state index in [9.17, 15) is 13.2 Å². The van der Waals surface area contributed by atoms with Gasteiger partial charge in [0.1, 0.15) is 5.82 Å². The zero-order chi connectivity index (χ0) is 14.8. The van der Waals surface area contributed by atoms with E-state index in [1.54, 1.807) is 17.5 Å². The molecular formula is C15H9F3N2S. The van der Waals surface area contributed by atoms with Gasteiger partial charge in [-0.3, -0.25) is 0 Å². The fourth-order valence-electron chi connectivity index (χ4n) is 1.78. The van der Waals surface area contributed by atoms with E-state index in [0.717, 1.165) is 12.1 Å². The molecule has 2 nitrogen and oxygen atoms in total. The summed E-state index contributed by atoms with van der Waals surface area (Å²) >= 11 is 1.32. The molecule has 1 aromatic heterocycles. The van der Waals surface area contributed by atoms with Crippen molar-refractivity contribution >= 4 is 22.2 Å². The van der Waals surface area contributed by atoms with Crippen molar-refractivity contribution in [3.05, 3.63) is 65.3 Å². The zero-order valence-corrected chi connectivity index (χ0v) is 11.4. The standard InChI is InChI=1S/C15H9F3N2S/c16-10-2-4-11(5-3-10)19-15-20-14(8-21-15)9-1-6-12(17)13(18)7-9/h1-8H,(H,19,20). The number of nitrogens with zero attached hydrogens (tertiary/aromatic N) is 1. The number of thiazole rings is 1. The maximum Gasteiger partial charge on any atom is 0.187 e. The monoisotopic (exact) mass is 306 g/mol. The Morgan fingerprint density at radius 2 is 1.67 bits per heavy atom. The molecule has 21 heavy (non-hydrogen) atoms. The molecule has 0 amide bonds. The molecule has 1 heterocycles. The molecule has 0 aliphatic heterocycles. The molecule has 2 aromatic carbocycles. The number of anilines is 2. The van der Waals surface area contributed by atoms with Gasteiger partial charge in [0.05, 0.1) is 5.69 Å². The fraction of sp³-hybridized carbons (Fsp3) is 0. The highest BCUT2D eigenvalue weighted by molar-refractivity contribution is 7.14. The predicted molar refractivity (Wildman–Crippen MR) is 77.1 cm³/mol. The number of hydrogen-bond acceptors (Lipinski definition) is 3. The van der Waals surface area contributed by atoms with Crippen LogP contribution in [0, 0.1) is 17.5 Å². The van der Waals surface area contributed by atoms with Gasteiger partial charge in [-0.05, 0) is 42.5 Å². The van der Waals surface area contributed by atoms with Gasteiger partial charge in [0.25, 0.3) is 0 Å². The minimum Gasteiger partial charge on any atom is -0.332 e. The van der Waals surface area contributed by atoms with Crippen LogP contribution in [0.25, 0.3) is 11.3 Å². The van der Waals surface area contributed by atoms with Crippen LogP contribution in [0.5, 0.6) is 0 Å². The van der Waals surface area contributed by atoms with Crippen molar-refractivity contribution in [2.45, 2.75) is 0 Å². The largest absolute Gasteiger partial charge is 0.332 e. The Morgan fingerprint density at radius 3 is 2.38 bits per heavy atom. The van der Waals surface area contributed by atoms with Gasteiger partial charge in [0, 0.05) is 16.6 Å². The van der Waals surface area contributed by atoms with Crippen LogP contribution in [0.15, 0.2) is 47.8 Å². The first-order chi connectivity index (χ1) is 10.1. The Bertz CT molecular complexity index is 769. The Balaban J connectivity index is 1.82. The normalized spacial score (nSPS) is 10.6. The Kier molecular flexibility index (Phi) is 3.62. The van der Waals surface area contributed by atoms with Gasteiger partial charge in [-0.1, -0.05) is 0 Å². The lowest BCUT2D eigenvalue weighted by molar-refractivity contribution is 0.509. The second-order valence-electron chi connectivity index (χ2n) is 4.30. The Labute approximate surface area is 122 Å². The third kappa shape index (κ3) is 3.05. The van der Waals surface area contributed by atoms with Crippen LogP contribution in [-0.2, 0) is 0 Å². The van der Waals surface area contributed by atoms with E-state index in [2.05, 4.69) is 10.3 Å². The van der Waals surface area contributed by atoms with Gasteiger partial charge < -0.3 is 5.32 Å². The average Bonchev–Trinajstić information content (AvgIpc) is 2.93. The van der Waals surface area contributed by atoms with Crippen molar-refractivity contribution in [2.24, 2.45) is 0 Å². The summed E-state index contributed by atoms with van der Waals surface area (Å²) in [7, 11) is 0. The van der Waals surface area contributed by atoms with Crippen molar-refractivity contribution in [3.8, 4) is 11.3 Å². The molecule has 0 aliphatic rings. The third-order valence-electron chi connectivity index (χ3n) is 2.82. The Morgan fingerprint density at radius 1 is 0.905 bits per heavy atom. The molecule has 0 atom stereocenters. The van der Waals surface area contributed by atoms with Gasteiger partial charge in [0.15, 0.2) is 16.8 Å². The fourth-order valence-corrected chi connectivity index (χ4v) is 2.52. The summed E-state index contributed by atoms with van der Waals surface area (Å²) in [6.07, 6.45) is 0. The number of benzene rings is 2. The van der Waals surface area contributed by atoms with Crippen molar-refractivity contribution in [1.82, 2.24) is 4.98 Å². The van der Waals surface area contributed by atoms with Gasteiger partial charge in [0.2, 0.25) is 0 Å². The molecule has 0 aliphatic carbocycles. The van der Waals surface area contributed by atoms with E-state index in [0.29, 0.717) is 22.1 Å². The highest BCUT2D eigenvalue weighted by Gasteiger charge is 2.08. The van der Waals surface area contributed by atoms with E-state index in [4.69, 9.17) is 0 Å². The molecule has 3 rings (SSSR count). The van der Waals surface area contributed by atoms with E-state index >= 15 is 0 Å². The van der Waals surface area contributed by atoms with Gasteiger partial charge in [-0.25, -0.2) is 18.2 Å². The summed E-state index contributed by atoms with van der Waals surface area (Å²) in [5.74, 6) is -2.12. The summed E-state index contributed by atoms with van der Waals surface area (Å²) in [6, 6.07) is 9.50. The first kappa shape index (κ1) is 13.6. The SMILES string of the molecule is Fc1ccc(Nc2nc(-c3ccc(F)c(F)c3)cs2)cc1. The molecule has 0 bridgehead atoms. The lowest BCUT2D eigenvalue weighted by atomic mass is 10.2. The molecule has 6 heteroatoms. The van der Waals surface area contributed by atoms with Crippen molar-refractivity contribution in [1.29, 1.82) is 0 Å². The molecule has 3 aromatic rings. The second-order valence-corrected chi connectivity index (χ2v) is 5.16. The maximum absolute atomic E-state index is 13.2. The second kappa shape index (κ2) is 5.57.